The van der Waals surface area contributed by atoms with E-state index in [9.17, 15) is 0 Å². The SMILES string of the molecule is [CH2-][N+]=NC. The van der Waals surface area contributed by atoms with E-state index in [1.165, 1.54) is 0 Å². The van der Waals surface area contributed by atoms with Crippen molar-refractivity contribution in [1.82, 2.24) is 5.11 Å². The zero-order chi connectivity index (χ0) is 3.41. The van der Waals surface area contributed by atoms with Gasteiger partial charge in [0.15, 0.2) is 0 Å². The van der Waals surface area contributed by atoms with Crippen LogP contribution in [0.1, 0.15) is 0 Å². The lowest BCUT2D eigenvalue weighted by Gasteiger charge is -1.41. The molecule has 0 aromatic carbocycles. The number of nitrogens with zero attached hydrogens (tertiary/aromatic N) is 2. The molecule has 0 unspecified atom stereocenters. The minimum atomic E-state index is 1.58. The minimum Gasteiger partial charge on any atom is -0.0306 e. The molecule has 0 atom stereocenters. The van der Waals surface area contributed by atoms with Gasteiger partial charge in [0.1, 0.15) is 0 Å². The molecule has 4 heavy (non-hydrogen) atoms. The van der Waals surface area contributed by atoms with Gasteiger partial charge in [-0.1, -0.05) is 0 Å². The van der Waals surface area contributed by atoms with Gasteiger partial charge in [0.25, 0.3) is 0 Å². The summed E-state index contributed by atoms with van der Waals surface area (Å²) in [5, 5.41) is 6.36. The molecule has 23 valence electrons. The maximum atomic E-state index is 3.25. The molecule has 0 saturated carbocycles. The second-order valence-corrected chi connectivity index (χ2v) is 0.341. The molecule has 0 aliphatic carbocycles. The summed E-state index contributed by atoms with van der Waals surface area (Å²) in [5.74, 6) is 0. The maximum absolute atomic E-state index is 3.25. The van der Waals surface area contributed by atoms with Crippen molar-refractivity contribution in [3.63, 3.8) is 0 Å². The highest BCUT2D eigenvalue weighted by Crippen LogP contribution is 1.33. The molecule has 0 aromatic heterocycles. The molecule has 0 amide bonds. The summed E-state index contributed by atoms with van der Waals surface area (Å²) >= 11 is 0. The zero-order valence-corrected chi connectivity index (χ0v) is 2.60. The molecule has 0 fully saturated rings. The summed E-state index contributed by atoms with van der Waals surface area (Å²) in [6, 6.07) is 0. The Labute approximate surface area is 25.6 Å². The Hall–Kier alpha value is -0.530. The largest absolute Gasteiger partial charge is 0.0948 e. The third kappa shape index (κ3) is 1.47. The van der Waals surface area contributed by atoms with Crippen molar-refractivity contribution in [2.45, 2.75) is 0 Å². The van der Waals surface area contributed by atoms with Gasteiger partial charge >= 0.3 is 0 Å². The normalized spacial score (nSPS) is 9.25. The summed E-state index contributed by atoms with van der Waals surface area (Å²) in [4.78, 5) is 0. The van der Waals surface area contributed by atoms with Crippen molar-refractivity contribution in [2.24, 2.45) is 5.11 Å². The minimum absolute atomic E-state index is 1.58. The summed E-state index contributed by atoms with van der Waals surface area (Å²) in [6.45, 7) is 0. The molecule has 0 heterocycles. The smallest absolute Gasteiger partial charge is 0.0306 e. The Morgan fingerprint density at radius 1 is 2.00 bits per heavy atom. The lowest BCUT2D eigenvalue weighted by Crippen LogP contribution is -1.57. The van der Waals surface area contributed by atoms with E-state index in [2.05, 4.69) is 17.3 Å². The first-order chi connectivity index (χ1) is 1.91. The molecular formula is C2H5N2. The van der Waals surface area contributed by atoms with Gasteiger partial charge in [-0.3, -0.25) is 0 Å². The van der Waals surface area contributed by atoms with Crippen LogP contribution in [0.5, 0.6) is 0 Å². The summed E-state index contributed by atoms with van der Waals surface area (Å²) in [7, 11) is 4.64. The van der Waals surface area contributed by atoms with Gasteiger partial charge in [0.05, 0.1) is 7.05 Å². The Balaban J connectivity index is 2.55. The van der Waals surface area contributed by atoms with E-state index < -0.39 is 0 Å². The predicted octanol–water partition coefficient (Wildman–Crippen LogP) is 0.196. The van der Waals surface area contributed by atoms with E-state index >= 15 is 0 Å². The van der Waals surface area contributed by atoms with Crippen LogP contribution in [0.2, 0.25) is 0 Å². The molecule has 2 heteroatoms. The van der Waals surface area contributed by atoms with E-state index in [4.69, 9.17) is 0 Å². The predicted molar refractivity (Wildman–Crippen MR) is 15.8 cm³/mol. The van der Waals surface area contributed by atoms with Crippen LogP contribution in [-0.2, 0) is 0 Å². The number of azo groups is 1. The van der Waals surface area contributed by atoms with Crippen molar-refractivity contribution < 1.29 is 0 Å². The quantitative estimate of drug-likeness (QED) is 0.280. The lowest BCUT2D eigenvalue weighted by atomic mass is 11.5. The summed E-state index contributed by atoms with van der Waals surface area (Å²) in [6.07, 6.45) is 0. The Bertz CT molecular complexity index is 19.2. The average Bonchev–Trinajstić information content (AvgIpc) is 1.37. The molecule has 2 nitrogen and oxygen atoms in total. The van der Waals surface area contributed by atoms with Crippen LogP contribution in [0.4, 0.5) is 0 Å². The van der Waals surface area contributed by atoms with Crippen molar-refractivity contribution >= 4 is 0 Å². The molecule has 0 N–H and O–H groups in total. The fourth-order valence-corrected chi connectivity index (χ4v) is 0. The lowest BCUT2D eigenvalue weighted by molar-refractivity contribution is 1.05. The van der Waals surface area contributed by atoms with Crippen LogP contribution in [0.15, 0.2) is 5.11 Å². The van der Waals surface area contributed by atoms with Crippen LogP contribution in [-0.4, -0.2) is 7.05 Å². The molecule has 1 radical (unpaired) electrons. The molecule has 0 rings (SSSR count). The first-order valence-electron chi connectivity index (χ1n) is 0.963. The molecular weight excluding hydrogens is 52.0 g/mol. The van der Waals surface area contributed by atoms with E-state index in [-0.39, 0.29) is 0 Å². The standard InChI is InChI=1S/C2H5N2/c1-3-4-2/h1H2,2H3. The van der Waals surface area contributed by atoms with Gasteiger partial charge < -0.3 is 0 Å². The Morgan fingerprint density at radius 3 is 2.25 bits per heavy atom. The Morgan fingerprint density at radius 2 is 2.25 bits per heavy atom. The van der Waals surface area contributed by atoms with Crippen molar-refractivity contribution in [3.05, 3.63) is 7.05 Å². The van der Waals surface area contributed by atoms with Crippen LogP contribution >= 0.6 is 0 Å². The van der Waals surface area contributed by atoms with Crippen LogP contribution in [0.25, 0.3) is 0 Å². The van der Waals surface area contributed by atoms with Crippen molar-refractivity contribution in [3.8, 4) is 0 Å². The van der Waals surface area contributed by atoms with Crippen LogP contribution in [0.3, 0.4) is 0 Å². The van der Waals surface area contributed by atoms with Gasteiger partial charge in [0.2, 0.25) is 0 Å². The highest BCUT2D eigenvalue weighted by Gasteiger charge is 1.42. The van der Waals surface area contributed by atoms with Gasteiger partial charge in [-0.05, 0) is 17.3 Å². The molecule has 0 aliphatic rings. The van der Waals surface area contributed by atoms with Gasteiger partial charge in [0, 0.05) is 0 Å². The highest BCUT2D eigenvalue weighted by molar-refractivity contribution is 4.03. The number of rotatable bonds is 0. The molecule has 0 aromatic rings. The van der Waals surface area contributed by atoms with E-state index in [0.717, 1.165) is 0 Å². The zero-order valence-electron chi connectivity index (χ0n) is 2.60. The molecule has 0 spiro atoms. The number of hydrogen-bond acceptors (Lipinski definition) is 2. The maximum Gasteiger partial charge on any atom is 0.0948 e. The van der Waals surface area contributed by atoms with Gasteiger partial charge in [-0.15, -0.1) is 0 Å². The fraction of sp³-hybridized carbons (Fsp3) is 0.500. The van der Waals surface area contributed by atoms with Crippen molar-refractivity contribution in [2.75, 3.05) is 7.05 Å². The summed E-state index contributed by atoms with van der Waals surface area (Å²) < 4.78 is 0. The van der Waals surface area contributed by atoms with Gasteiger partial charge in [-0.2, -0.15) is 0 Å². The third-order valence-electron chi connectivity index (χ3n) is 0.141. The second kappa shape index (κ2) is 2.47. The molecule has 0 saturated heterocycles. The average molecular weight is 57.1 g/mol. The van der Waals surface area contributed by atoms with Crippen molar-refractivity contribution in [1.29, 1.82) is 0 Å². The van der Waals surface area contributed by atoms with E-state index in [0.29, 0.717) is 0 Å². The van der Waals surface area contributed by atoms with Crippen LogP contribution in [0, 0.1) is 7.05 Å². The first kappa shape index (κ1) is 3.47. The topological polar surface area (TPSA) is 26.5 Å². The molecule has 0 aliphatic heterocycles. The Kier molecular flexibility index (Phi) is 2.14. The highest BCUT2D eigenvalue weighted by atomic mass is 15.0. The molecule has 0 bridgehead atoms. The fourth-order valence-electron chi connectivity index (χ4n) is 0. The number of hydrogen-bond donors (Lipinski definition) is 0. The second-order valence-electron chi connectivity index (χ2n) is 0.341. The van der Waals surface area contributed by atoms with E-state index in [1.54, 1.807) is 7.05 Å². The van der Waals surface area contributed by atoms with Gasteiger partial charge in [-0.25, -0.2) is 0 Å². The van der Waals surface area contributed by atoms with E-state index in [1.807, 2.05) is 0 Å². The first-order valence-corrected chi connectivity index (χ1v) is 0.963. The summed E-state index contributed by atoms with van der Waals surface area (Å²) in [5.41, 5.74) is 0. The third-order valence-corrected chi connectivity index (χ3v) is 0.141. The van der Waals surface area contributed by atoms with Crippen LogP contribution < -0.4 is 5.11 Å². The monoisotopic (exact) mass is 57.0 g/mol.